The number of hydroxylamine groups is 2. The molecular formula is C16H24N2O4. The predicted octanol–water partition coefficient (Wildman–Crippen LogP) is 1.62. The summed E-state index contributed by atoms with van der Waals surface area (Å²) in [4.78, 5) is 19.5. The lowest BCUT2D eigenvalue weighted by molar-refractivity contribution is -0.181. The van der Waals surface area contributed by atoms with Crippen molar-refractivity contribution in [3.63, 3.8) is 0 Å². The van der Waals surface area contributed by atoms with Gasteiger partial charge in [-0.05, 0) is 24.6 Å². The predicted molar refractivity (Wildman–Crippen MR) is 83.6 cm³/mol. The van der Waals surface area contributed by atoms with Gasteiger partial charge in [-0.1, -0.05) is 12.1 Å². The number of morpholine rings is 1. The molecule has 1 unspecified atom stereocenters. The van der Waals surface area contributed by atoms with Gasteiger partial charge in [0.15, 0.2) is 6.10 Å². The molecule has 1 atom stereocenters. The molecule has 6 heteroatoms. The van der Waals surface area contributed by atoms with Crippen LogP contribution in [-0.2, 0) is 19.1 Å². The Morgan fingerprint density at radius 2 is 1.95 bits per heavy atom. The van der Waals surface area contributed by atoms with Gasteiger partial charge < -0.3 is 14.4 Å². The van der Waals surface area contributed by atoms with Gasteiger partial charge >= 0.3 is 0 Å². The van der Waals surface area contributed by atoms with Gasteiger partial charge in [0.25, 0.3) is 5.91 Å². The van der Waals surface area contributed by atoms with E-state index < -0.39 is 6.10 Å². The average molecular weight is 308 g/mol. The van der Waals surface area contributed by atoms with Crippen LogP contribution in [0.25, 0.3) is 0 Å². The molecule has 0 aliphatic carbocycles. The summed E-state index contributed by atoms with van der Waals surface area (Å²) in [7, 11) is 3.04. The molecule has 2 rings (SSSR count). The fourth-order valence-corrected chi connectivity index (χ4v) is 2.41. The number of rotatable bonds is 6. The number of amides is 1. The van der Waals surface area contributed by atoms with Crippen LogP contribution in [-0.4, -0.2) is 58.0 Å². The Morgan fingerprint density at radius 1 is 1.32 bits per heavy atom. The minimum Gasteiger partial charge on any atom is -0.378 e. The third-order valence-electron chi connectivity index (χ3n) is 3.71. The van der Waals surface area contributed by atoms with Crippen LogP contribution in [0.1, 0.15) is 18.6 Å². The molecule has 1 aromatic carbocycles. The Balaban J connectivity index is 2.13. The Kier molecular flexibility index (Phi) is 6.18. The lowest BCUT2D eigenvalue weighted by atomic mass is 10.1. The molecule has 122 valence electrons. The van der Waals surface area contributed by atoms with Crippen LogP contribution < -0.4 is 4.90 Å². The Hall–Kier alpha value is -1.63. The molecule has 1 aliphatic heterocycles. The molecule has 1 heterocycles. The van der Waals surface area contributed by atoms with Gasteiger partial charge in [0.2, 0.25) is 0 Å². The van der Waals surface area contributed by atoms with Crippen molar-refractivity contribution < 1.29 is 19.1 Å². The molecule has 1 aromatic rings. The fourth-order valence-electron chi connectivity index (χ4n) is 2.41. The lowest BCUT2D eigenvalue weighted by Gasteiger charge is -2.29. The molecule has 0 bridgehead atoms. The molecule has 1 amide bonds. The Morgan fingerprint density at radius 3 is 2.50 bits per heavy atom. The van der Waals surface area contributed by atoms with Gasteiger partial charge in [0.05, 0.1) is 20.3 Å². The number of likely N-dealkylation sites (N-methyl/N-ethyl adjacent to an activating group) is 1. The van der Waals surface area contributed by atoms with Crippen LogP contribution in [0.4, 0.5) is 5.69 Å². The molecule has 0 radical (unpaired) electrons. The lowest BCUT2D eigenvalue weighted by Crippen LogP contribution is -2.36. The van der Waals surface area contributed by atoms with Crippen LogP contribution in [0.3, 0.4) is 0 Å². The SMILES string of the molecule is CCOC(C(=O)N(C)OC)c1ccc(N2CCOCC2)cc1. The van der Waals surface area contributed by atoms with Crippen molar-refractivity contribution in [2.75, 3.05) is 52.0 Å². The first kappa shape index (κ1) is 16.7. The smallest absolute Gasteiger partial charge is 0.279 e. The van der Waals surface area contributed by atoms with Gasteiger partial charge in [-0.25, -0.2) is 5.06 Å². The van der Waals surface area contributed by atoms with Gasteiger partial charge in [0, 0.05) is 32.4 Å². The quantitative estimate of drug-likeness (QED) is 0.748. The normalized spacial score (nSPS) is 16.4. The summed E-state index contributed by atoms with van der Waals surface area (Å²) in [5.74, 6) is -0.219. The number of nitrogens with zero attached hydrogens (tertiary/aromatic N) is 2. The zero-order valence-corrected chi connectivity index (χ0v) is 13.4. The van der Waals surface area contributed by atoms with Crippen LogP contribution in [0.5, 0.6) is 0 Å². The molecule has 0 N–H and O–H groups in total. The topological polar surface area (TPSA) is 51.2 Å². The molecule has 1 aliphatic rings. The van der Waals surface area contributed by atoms with E-state index in [2.05, 4.69) is 4.90 Å². The van der Waals surface area contributed by atoms with Crippen LogP contribution in [0.2, 0.25) is 0 Å². The van der Waals surface area contributed by atoms with E-state index in [1.54, 1.807) is 7.05 Å². The van der Waals surface area contributed by atoms with E-state index in [1.165, 1.54) is 12.2 Å². The summed E-state index contributed by atoms with van der Waals surface area (Å²) in [5.41, 5.74) is 1.96. The molecule has 1 fully saturated rings. The number of hydrogen-bond donors (Lipinski definition) is 0. The molecule has 0 saturated carbocycles. The van der Waals surface area contributed by atoms with Crippen molar-refractivity contribution in [1.82, 2.24) is 5.06 Å². The highest BCUT2D eigenvalue weighted by molar-refractivity contribution is 5.81. The summed E-state index contributed by atoms with van der Waals surface area (Å²) >= 11 is 0. The van der Waals surface area contributed by atoms with Gasteiger partial charge in [0.1, 0.15) is 0 Å². The highest BCUT2D eigenvalue weighted by atomic mass is 16.7. The molecular weight excluding hydrogens is 284 g/mol. The number of hydrogen-bond acceptors (Lipinski definition) is 5. The standard InChI is InChI=1S/C16H24N2O4/c1-4-22-15(16(19)17(2)20-3)13-5-7-14(8-6-13)18-9-11-21-12-10-18/h5-8,15H,4,9-12H2,1-3H3. The minimum atomic E-state index is -0.645. The van der Waals surface area contributed by atoms with Gasteiger partial charge in [-0.2, -0.15) is 0 Å². The van der Waals surface area contributed by atoms with Crippen LogP contribution >= 0.6 is 0 Å². The number of ether oxygens (including phenoxy) is 2. The van der Waals surface area contributed by atoms with Crippen LogP contribution in [0.15, 0.2) is 24.3 Å². The summed E-state index contributed by atoms with van der Waals surface area (Å²) < 4.78 is 11.0. The Labute approximate surface area is 131 Å². The van der Waals surface area contributed by atoms with Crippen molar-refractivity contribution in [3.05, 3.63) is 29.8 Å². The summed E-state index contributed by atoms with van der Waals surface area (Å²) in [5, 5.41) is 1.19. The largest absolute Gasteiger partial charge is 0.378 e. The second-order valence-corrected chi connectivity index (χ2v) is 5.04. The number of carbonyl (C=O) groups is 1. The summed E-state index contributed by atoms with van der Waals surface area (Å²) in [6.45, 7) is 5.61. The first-order chi connectivity index (χ1) is 10.7. The zero-order valence-electron chi connectivity index (χ0n) is 13.4. The maximum absolute atomic E-state index is 12.3. The molecule has 0 aromatic heterocycles. The number of anilines is 1. The second kappa shape index (κ2) is 8.12. The highest BCUT2D eigenvalue weighted by Gasteiger charge is 2.25. The van der Waals surface area contributed by atoms with E-state index in [0.717, 1.165) is 37.6 Å². The van der Waals surface area contributed by atoms with Crippen LogP contribution in [0, 0.1) is 0 Å². The van der Waals surface area contributed by atoms with E-state index in [4.69, 9.17) is 14.3 Å². The molecule has 22 heavy (non-hydrogen) atoms. The van der Waals surface area contributed by atoms with Crippen molar-refractivity contribution >= 4 is 11.6 Å². The zero-order chi connectivity index (χ0) is 15.9. The van der Waals surface area contributed by atoms with E-state index in [-0.39, 0.29) is 5.91 Å². The van der Waals surface area contributed by atoms with E-state index in [1.807, 2.05) is 31.2 Å². The van der Waals surface area contributed by atoms with E-state index >= 15 is 0 Å². The van der Waals surface area contributed by atoms with E-state index in [0.29, 0.717) is 6.61 Å². The highest BCUT2D eigenvalue weighted by Crippen LogP contribution is 2.24. The van der Waals surface area contributed by atoms with Gasteiger partial charge in [-0.15, -0.1) is 0 Å². The minimum absolute atomic E-state index is 0.219. The molecule has 1 saturated heterocycles. The van der Waals surface area contributed by atoms with Crippen molar-refractivity contribution in [3.8, 4) is 0 Å². The third-order valence-corrected chi connectivity index (χ3v) is 3.71. The number of benzene rings is 1. The average Bonchev–Trinajstić information content (AvgIpc) is 2.59. The molecule has 0 spiro atoms. The first-order valence-electron chi connectivity index (χ1n) is 7.53. The monoisotopic (exact) mass is 308 g/mol. The summed E-state index contributed by atoms with van der Waals surface area (Å²) in [6.07, 6.45) is -0.645. The first-order valence-corrected chi connectivity index (χ1v) is 7.53. The number of carbonyl (C=O) groups excluding carboxylic acids is 1. The van der Waals surface area contributed by atoms with Crippen molar-refractivity contribution in [1.29, 1.82) is 0 Å². The van der Waals surface area contributed by atoms with Crippen molar-refractivity contribution in [2.24, 2.45) is 0 Å². The molecule has 6 nitrogen and oxygen atoms in total. The Bertz CT molecular complexity index is 472. The van der Waals surface area contributed by atoms with Crippen molar-refractivity contribution in [2.45, 2.75) is 13.0 Å². The maximum Gasteiger partial charge on any atom is 0.279 e. The fraction of sp³-hybridized carbons (Fsp3) is 0.562. The summed E-state index contributed by atoms with van der Waals surface area (Å²) in [6, 6.07) is 7.92. The van der Waals surface area contributed by atoms with E-state index in [9.17, 15) is 4.79 Å². The maximum atomic E-state index is 12.3. The third kappa shape index (κ3) is 3.97. The second-order valence-electron chi connectivity index (χ2n) is 5.04. The van der Waals surface area contributed by atoms with Gasteiger partial charge in [-0.3, -0.25) is 9.63 Å².